The van der Waals surface area contributed by atoms with Crippen LogP contribution >= 0.6 is 39.1 Å². The van der Waals surface area contributed by atoms with Gasteiger partial charge in [-0.1, -0.05) is 51.3 Å². The minimum absolute atomic E-state index is 0.0633. The van der Waals surface area contributed by atoms with Crippen LogP contribution in [0.25, 0.3) is 16.7 Å². The fourth-order valence-corrected chi connectivity index (χ4v) is 6.42. The van der Waals surface area contributed by atoms with E-state index in [9.17, 15) is 9.59 Å². The highest BCUT2D eigenvalue weighted by atomic mass is 79.9. The third-order valence-electron chi connectivity index (χ3n) is 7.98. The van der Waals surface area contributed by atoms with Gasteiger partial charge in [0.25, 0.3) is 5.91 Å². The van der Waals surface area contributed by atoms with Crippen LogP contribution in [-0.2, 0) is 11.3 Å². The van der Waals surface area contributed by atoms with E-state index in [2.05, 4.69) is 43.6 Å². The highest BCUT2D eigenvalue weighted by Gasteiger charge is 2.32. The van der Waals surface area contributed by atoms with Gasteiger partial charge in [0.05, 0.1) is 33.5 Å². The van der Waals surface area contributed by atoms with Crippen molar-refractivity contribution in [3.05, 3.63) is 92.6 Å². The van der Waals surface area contributed by atoms with Crippen LogP contribution < -0.4 is 0 Å². The van der Waals surface area contributed by atoms with Crippen LogP contribution in [0.2, 0.25) is 10.0 Å². The lowest BCUT2D eigenvalue weighted by atomic mass is 9.96. The molecule has 7 nitrogen and oxygen atoms in total. The lowest BCUT2D eigenvalue weighted by Crippen LogP contribution is -2.53. The summed E-state index contributed by atoms with van der Waals surface area (Å²) < 4.78 is 3.25. The van der Waals surface area contributed by atoms with Gasteiger partial charge in [-0.3, -0.25) is 19.1 Å². The van der Waals surface area contributed by atoms with Gasteiger partial charge >= 0.3 is 0 Å². The van der Waals surface area contributed by atoms with Gasteiger partial charge in [-0.25, -0.2) is 4.98 Å². The molecule has 10 heteroatoms. The van der Waals surface area contributed by atoms with Crippen molar-refractivity contribution in [1.29, 1.82) is 0 Å². The lowest BCUT2D eigenvalue weighted by molar-refractivity contribution is -0.139. The summed E-state index contributed by atoms with van der Waals surface area (Å²) in [6.45, 7) is 4.35. The molecule has 1 aromatic heterocycles. The number of piperidine rings is 1. The summed E-state index contributed by atoms with van der Waals surface area (Å²) in [6, 6.07) is 21.4. The normalized spacial score (nSPS) is 18.2. The number of halogens is 3. The third-order valence-corrected chi connectivity index (χ3v) is 9.25. The largest absolute Gasteiger partial charge is 0.339 e. The Bertz CT molecular complexity index is 1580. The topological polar surface area (TPSA) is 61.7 Å². The molecule has 41 heavy (non-hydrogen) atoms. The van der Waals surface area contributed by atoms with E-state index in [1.807, 2.05) is 35.2 Å². The Morgan fingerprint density at radius 2 is 1.61 bits per heavy atom. The van der Waals surface area contributed by atoms with Crippen molar-refractivity contribution in [3.63, 3.8) is 0 Å². The molecule has 0 aliphatic carbocycles. The third kappa shape index (κ3) is 6.02. The summed E-state index contributed by atoms with van der Waals surface area (Å²) in [4.78, 5) is 37.6. The van der Waals surface area contributed by atoms with Gasteiger partial charge in [-0.2, -0.15) is 0 Å². The summed E-state index contributed by atoms with van der Waals surface area (Å²) in [6.07, 6.45) is 1.84. The first kappa shape index (κ1) is 28.2. The summed E-state index contributed by atoms with van der Waals surface area (Å²) >= 11 is 15.7. The molecule has 0 spiro atoms. The number of carbonyl (C=O) groups excluding carboxylic acids is 2. The molecule has 0 bridgehead atoms. The Morgan fingerprint density at radius 3 is 2.37 bits per heavy atom. The smallest absolute Gasteiger partial charge is 0.254 e. The van der Waals surface area contributed by atoms with Gasteiger partial charge in [0.15, 0.2) is 0 Å². The Hall–Kier alpha value is -2.91. The van der Waals surface area contributed by atoms with E-state index in [0.29, 0.717) is 54.9 Å². The average molecular weight is 655 g/mol. The van der Waals surface area contributed by atoms with E-state index >= 15 is 0 Å². The van der Waals surface area contributed by atoms with E-state index < -0.39 is 0 Å². The van der Waals surface area contributed by atoms with E-state index in [1.165, 1.54) is 0 Å². The molecule has 1 atom stereocenters. The van der Waals surface area contributed by atoms with Crippen LogP contribution in [0.15, 0.2) is 71.2 Å². The fourth-order valence-electron chi connectivity index (χ4n) is 5.86. The van der Waals surface area contributed by atoms with Gasteiger partial charge in [-0.05, 0) is 74.0 Å². The second kappa shape index (κ2) is 12.1. The first-order chi connectivity index (χ1) is 19.9. The number of likely N-dealkylation sites (tertiary alicyclic amines) is 1. The minimum Gasteiger partial charge on any atom is -0.339 e. The van der Waals surface area contributed by atoms with Crippen molar-refractivity contribution in [2.24, 2.45) is 5.92 Å². The monoisotopic (exact) mass is 653 g/mol. The Kier molecular flexibility index (Phi) is 8.35. The van der Waals surface area contributed by atoms with Crippen LogP contribution in [0.3, 0.4) is 0 Å². The van der Waals surface area contributed by atoms with Gasteiger partial charge in [0.1, 0.15) is 5.82 Å². The summed E-state index contributed by atoms with van der Waals surface area (Å²) in [7, 11) is 0. The second-order valence-electron chi connectivity index (χ2n) is 10.6. The number of rotatable bonds is 5. The Morgan fingerprint density at radius 1 is 0.878 bits per heavy atom. The fraction of sp³-hybridized carbons (Fsp3) is 0.323. The standard InChI is InChI=1S/C31H30BrCl2N5O2/c32-23-8-10-24(11-9-23)39-28-6-2-1-5-27(28)35-29(39)20-36-13-3-4-22(19-36)31(41)38-16-14-37(15-17-38)30(40)21-7-12-25(33)26(34)18-21/h1-2,5-12,18,22H,3-4,13-17,19-20H2/t22-/m1/s1. The minimum atomic E-state index is -0.0897. The molecule has 0 radical (unpaired) electrons. The zero-order valence-electron chi connectivity index (χ0n) is 22.5. The number of imidazole rings is 1. The SMILES string of the molecule is O=C(c1ccc(Cl)c(Cl)c1)N1CCN(C(=O)[C@@H]2CCCN(Cc3nc4ccccc4n3-c3ccc(Br)cc3)C2)CC1. The molecule has 0 saturated carbocycles. The van der Waals surface area contributed by atoms with Crippen LogP contribution in [0.5, 0.6) is 0 Å². The van der Waals surface area contributed by atoms with E-state index in [4.69, 9.17) is 28.2 Å². The number of nitrogens with zero attached hydrogens (tertiary/aromatic N) is 5. The molecule has 0 N–H and O–H groups in total. The van der Waals surface area contributed by atoms with Crippen molar-refractivity contribution < 1.29 is 9.59 Å². The number of amides is 2. The highest BCUT2D eigenvalue weighted by molar-refractivity contribution is 9.10. The van der Waals surface area contributed by atoms with E-state index in [-0.39, 0.29) is 17.7 Å². The van der Waals surface area contributed by atoms with Gasteiger partial charge in [-0.15, -0.1) is 0 Å². The van der Waals surface area contributed by atoms with Gasteiger partial charge in [0, 0.05) is 48.4 Å². The van der Waals surface area contributed by atoms with Crippen LogP contribution in [0, 0.1) is 5.92 Å². The number of hydrogen-bond acceptors (Lipinski definition) is 4. The van der Waals surface area contributed by atoms with Gasteiger partial charge in [0.2, 0.25) is 5.91 Å². The Labute approximate surface area is 257 Å². The maximum atomic E-state index is 13.6. The zero-order chi connectivity index (χ0) is 28.5. The molecule has 3 aromatic carbocycles. The molecule has 2 amide bonds. The predicted octanol–water partition coefficient (Wildman–Crippen LogP) is 6.29. The number of aromatic nitrogens is 2. The molecule has 2 saturated heterocycles. The number of hydrogen-bond donors (Lipinski definition) is 0. The van der Waals surface area contributed by atoms with Crippen molar-refractivity contribution in [3.8, 4) is 5.69 Å². The number of benzene rings is 3. The quantitative estimate of drug-likeness (QED) is 0.254. The molecule has 3 heterocycles. The molecule has 2 fully saturated rings. The van der Waals surface area contributed by atoms with Crippen LogP contribution in [0.1, 0.15) is 29.0 Å². The molecule has 0 unspecified atom stereocenters. The molecule has 6 rings (SSSR count). The van der Waals surface area contributed by atoms with Crippen molar-refractivity contribution in [1.82, 2.24) is 24.3 Å². The van der Waals surface area contributed by atoms with E-state index in [0.717, 1.165) is 46.4 Å². The van der Waals surface area contributed by atoms with Crippen LogP contribution in [0.4, 0.5) is 0 Å². The molecule has 4 aromatic rings. The highest BCUT2D eigenvalue weighted by Crippen LogP contribution is 2.27. The van der Waals surface area contributed by atoms with Gasteiger partial charge < -0.3 is 9.80 Å². The lowest BCUT2D eigenvalue weighted by Gasteiger charge is -2.39. The molecular formula is C31H30BrCl2N5O2. The summed E-state index contributed by atoms with van der Waals surface area (Å²) in [5, 5.41) is 0.784. The number of piperazine rings is 1. The van der Waals surface area contributed by atoms with Crippen molar-refractivity contribution >= 4 is 62.0 Å². The maximum Gasteiger partial charge on any atom is 0.254 e. The maximum absolute atomic E-state index is 13.6. The van der Waals surface area contributed by atoms with E-state index in [1.54, 1.807) is 23.1 Å². The summed E-state index contributed by atoms with van der Waals surface area (Å²) in [5.74, 6) is 0.994. The summed E-state index contributed by atoms with van der Waals surface area (Å²) in [5.41, 5.74) is 3.61. The Balaban J connectivity index is 1.11. The predicted molar refractivity (Wildman–Crippen MR) is 166 cm³/mol. The number of fused-ring (bicyclic) bond motifs is 1. The van der Waals surface area contributed by atoms with Crippen molar-refractivity contribution in [2.75, 3.05) is 39.3 Å². The molecule has 212 valence electrons. The average Bonchev–Trinajstić information content (AvgIpc) is 3.36. The van der Waals surface area contributed by atoms with Crippen molar-refractivity contribution in [2.45, 2.75) is 19.4 Å². The molecule has 2 aliphatic rings. The number of carbonyl (C=O) groups is 2. The first-order valence-corrected chi connectivity index (χ1v) is 15.4. The number of para-hydroxylation sites is 2. The van der Waals surface area contributed by atoms with Crippen LogP contribution in [-0.4, -0.2) is 75.3 Å². The second-order valence-corrected chi connectivity index (χ2v) is 12.4. The first-order valence-electron chi connectivity index (χ1n) is 13.8. The zero-order valence-corrected chi connectivity index (χ0v) is 25.6. The molecular weight excluding hydrogens is 625 g/mol. The molecule has 2 aliphatic heterocycles.